The van der Waals surface area contributed by atoms with E-state index in [0.717, 1.165) is 37.3 Å². The first-order chi connectivity index (χ1) is 14.8. The molecule has 0 amide bonds. The number of benzene rings is 1. The number of hydrogen-bond donors (Lipinski definition) is 3. The zero-order valence-corrected chi connectivity index (χ0v) is 16.9. The van der Waals surface area contributed by atoms with E-state index in [9.17, 15) is 23.4 Å². The van der Waals surface area contributed by atoms with Gasteiger partial charge in [0.05, 0.1) is 16.1 Å². The van der Waals surface area contributed by atoms with Crippen LogP contribution in [0.5, 0.6) is 0 Å². The molecule has 3 aliphatic rings. The summed E-state index contributed by atoms with van der Waals surface area (Å²) in [6.45, 7) is 2.07. The Kier molecular flexibility index (Phi) is 4.71. The molecule has 6 nitrogen and oxygen atoms in total. The van der Waals surface area contributed by atoms with Gasteiger partial charge in [0.25, 0.3) is 6.43 Å². The van der Waals surface area contributed by atoms with E-state index in [2.05, 4.69) is 22.2 Å². The number of aliphatic hydroxyl groups is 2. The molecule has 1 aliphatic heterocycles. The zero-order chi connectivity index (χ0) is 21.9. The van der Waals surface area contributed by atoms with Crippen molar-refractivity contribution >= 4 is 17.6 Å². The van der Waals surface area contributed by atoms with Gasteiger partial charge in [-0.1, -0.05) is 18.2 Å². The lowest BCUT2D eigenvalue weighted by atomic mass is 10.0. The highest BCUT2D eigenvalue weighted by molar-refractivity contribution is 5.61. The van der Waals surface area contributed by atoms with Gasteiger partial charge in [-0.15, -0.1) is 0 Å². The molecule has 9 heteroatoms. The maximum absolute atomic E-state index is 14.5. The number of halogens is 3. The van der Waals surface area contributed by atoms with Gasteiger partial charge in [-0.3, -0.25) is 0 Å². The van der Waals surface area contributed by atoms with Crippen LogP contribution in [0.15, 0.2) is 24.5 Å². The Morgan fingerprint density at radius 3 is 2.55 bits per heavy atom. The molecule has 2 saturated carbocycles. The van der Waals surface area contributed by atoms with Crippen molar-refractivity contribution in [2.75, 3.05) is 5.32 Å². The van der Waals surface area contributed by atoms with Crippen molar-refractivity contribution in [2.24, 2.45) is 5.92 Å². The number of anilines is 1. The molecule has 0 bridgehead atoms. The number of nitrogens with zero attached hydrogens (tertiary/aromatic N) is 3. The molecule has 2 fully saturated rings. The third-order valence-electron chi connectivity index (χ3n) is 6.44. The number of fused-ring (bicyclic) bond motifs is 1. The summed E-state index contributed by atoms with van der Waals surface area (Å²) >= 11 is 0. The average Bonchev–Trinajstić information content (AvgIpc) is 3.65. The molecule has 2 atom stereocenters. The molecule has 31 heavy (non-hydrogen) atoms. The second kappa shape index (κ2) is 7.20. The lowest BCUT2D eigenvalue weighted by Crippen LogP contribution is -2.51. The Hall–Kier alpha value is -2.65. The van der Waals surface area contributed by atoms with Crippen LogP contribution >= 0.6 is 0 Å². The fourth-order valence-electron chi connectivity index (χ4n) is 4.19. The third-order valence-corrected chi connectivity index (χ3v) is 6.44. The largest absolute Gasteiger partial charge is 0.369 e. The van der Waals surface area contributed by atoms with Gasteiger partial charge in [-0.25, -0.2) is 23.1 Å². The van der Waals surface area contributed by atoms with Gasteiger partial charge in [-0.2, -0.15) is 0 Å². The van der Waals surface area contributed by atoms with Crippen LogP contribution < -0.4 is 15.9 Å². The van der Waals surface area contributed by atoms with Gasteiger partial charge >= 0.3 is 0 Å². The molecule has 0 saturated heterocycles. The molecule has 2 aliphatic carbocycles. The summed E-state index contributed by atoms with van der Waals surface area (Å²) in [6.07, 6.45) is 1.56. The highest BCUT2D eigenvalue weighted by Crippen LogP contribution is 2.47. The van der Waals surface area contributed by atoms with E-state index in [4.69, 9.17) is 0 Å². The van der Waals surface area contributed by atoms with E-state index in [0.29, 0.717) is 10.6 Å². The minimum atomic E-state index is -2.99. The molecule has 2 aromatic rings. The van der Waals surface area contributed by atoms with Gasteiger partial charge in [-0.05, 0) is 38.5 Å². The first-order valence-corrected chi connectivity index (χ1v) is 10.3. The minimum absolute atomic E-state index is 0.166. The van der Waals surface area contributed by atoms with Crippen molar-refractivity contribution in [1.29, 1.82) is 0 Å². The predicted molar refractivity (Wildman–Crippen MR) is 107 cm³/mol. The summed E-state index contributed by atoms with van der Waals surface area (Å²) in [5, 5.41) is 25.6. The Labute approximate surface area is 176 Å². The van der Waals surface area contributed by atoms with Crippen LogP contribution in [0, 0.1) is 11.7 Å². The molecule has 3 N–H and O–H groups in total. The fourth-order valence-corrected chi connectivity index (χ4v) is 4.19. The van der Waals surface area contributed by atoms with Crippen molar-refractivity contribution < 1.29 is 23.4 Å². The summed E-state index contributed by atoms with van der Waals surface area (Å²) < 4.78 is 40.6. The summed E-state index contributed by atoms with van der Waals surface area (Å²) in [7, 11) is 0. The number of alkyl halides is 2. The minimum Gasteiger partial charge on any atom is -0.369 e. The monoisotopic (exact) mass is 432 g/mol. The molecule has 5 rings (SSSR count). The van der Waals surface area contributed by atoms with Crippen LogP contribution in [0.3, 0.4) is 0 Å². The highest BCUT2D eigenvalue weighted by Gasteiger charge is 2.48. The van der Waals surface area contributed by atoms with Gasteiger partial charge in [0.15, 0.2) is 12.5 Å². The molecular formula is C22H23F3N4O2. The smallest absolute Gasteiger partial charge is 0.266 e. The first kappa shape index (κ1) is 20.3. The van der Waals surface area contributed by atoms with Crippen molar-refractivity contribution in [3.8, 4) is 0 Å². The van der Waals surface area contributed by atoms with E-state index in [-0.39, 0.29) is 22.8 Å². The third kappa shape index (κ3) is 3.45. The molecule has 0 radical (unpaired) electrons. The van der Waals surface area contributed by atoms with Crippen LogP contribution in [-0.2, 0) is 0 Å². The van der Waals surface area contributed by atoms with Gasteiger partial charge in [0, 0.05) is 22.9 Å². The summed E-state index contributed by atoms with van der Waals surface area (Å²) in [5.41, 5.74) is -0.398. The average molecular weight is 432 g/mol. The second-order valence-corrected chi connectivity index (χ2v) is 8.72. The standard InChI is InChI=1S/C22H23F3N4O2/c1-22(7-8-22)29-9-14-17(15(21(29)31)11-5-6-11)26-10-27-19(14)28-20(30)13-4-2-3-12(16(13)23)18(24)25/h2-4,9-11,18,20-21,30-31H,5-8H2,1H3,(H,26,27,28). The van der Waals surface area contributed by atoms with Gasteiger partial charge in [0.1, 0.15) is 18.0 Å². The number of hydrogen-bond acceptors (Lipinski definition) is 6. The van der Waals surface area contributed by atoms with Crippen LogP contribution in [-0.4, -0.2) is 36.8 Å². The number of rotatable bonds is 6. The number of nitrogens with one attached hydrogen (secondary N) is 1. The lowest BCUT2D eigenvalue weighted by molar-refractivity contribution is 0.0610. The normalized spacial score (nSPS) is 22.7. The molecule has 2 heterocycles. The van der Waals surface area contributed by atoms with E-state index < -0.39 is 30.3 Å². The quantitative estimate of drug-likeness (QED) is 0.607. The molecule has 0 spiro atoms. The van der Waals surface area contributed by atoms with Crippen LogP contribution in [0.4, 0.5) is 19.0 Å². The SMILES string of the molecule is CC1(N2C=c3c(NC(O)c4cccc(C(F)F)c4F)ncnc3=C(C3CC3)C2O)CC1. The zero-order valence-electron chi connectivity index (χ0n) is 16.9. The maximum atomic E-state index is 14.5. The van der Waals surface area contributed by atoms with Crippen molar-refractivity contribution in [3.63, 3.8) is 0 Å². The van der Waals surface area contributed by atoms with E-state index in [1.165, 1.54) is 18.5 Å². The summed E-state index contributed by atoms with van der Waals surface area (Å²) in [6, 6.07) is 3.51. The lowest BCUT2D eigenvalue weighted by Gasteiger charge is -2.36. The molecule has 164 valence electrons. The van der Waals surface area contributed by atoms with Crippen molar-refractivity contribution in [3.05, 3.63) is 52.0 Å². The van der Waals surface area contributed by atoms with Gasteiger partial charge < -0.3 is 20.4 Å². The van der Waals surface area contributed by atoms with Gasteiger partial charge in [0.2, 0.25) is 0 Å². The van der Waals surface area contributed by atoms with Crippen molar-refractivity contribution in [2.45, 2.75) is 57.0 Å². The fraction of sp³-hybridized carbons (Fsp3) is 0.455. The van der Waals surface area contributed by atoms with Crippen LogP contribution in [0.2, 0.25) is 0 Å². The maximum Gasteiger partial charge on any atom is 0.266 e. The number of aliphatic hydroxyl groups excluding tert-OH is 2. The Morgan fingerprint density at radius 1 is 1.19 bits per heavy atom. The van der Waals surface area contributed by atoms with Crippen molar-refractivity contribution in [1.82, 2.24) is 14.9 Å². The molecule has 1 aromatic heterocycles. The Balaban J connectivity index is 1.58. The Bertz CT molecular complexity index is 1150. The van der Waals surface area contributed by atoms with Crippen LogP contribution in [0.1, 0.15) is 56.4 Å². The van der Waals surface area contributed by atoms with Crippen LogP contribution in [0.25, 0.3) is 11.8 Å². The van der Waals surface area contributed by atoms with E-state index >= 15 is 0 Å². The van der Waals surface area contributed by atoms with E-state index in [1.807, 2.05) is 4.90 Å². The topological polar surface area (TPSA) is 81.5 Å². The van der Waals surface area contributed by atoms with E-state index in [1.54, 1.807) is 6.20 Å². The second-order valence-electron chi connectivity index (χ2n) is 8.72. The predicted octanol–water partition coefficient (Wildman–Crippen LogP) is 2.14. The summed E-state index contributed by atoms with van der Waals surface area (Å²) in [5.74, 6) is -0.670. The Morgan fingerprint density at radius 2 is 1.90 bits per heavy atom. The highest BCUT2D eigenvalue weighted by atomic mass is 19.3. The summed E-state index contributed by atoms with van der Waals surface area (Å²) in [4.78, 5) is 10.5. The molecule has 2 unspecified atom stereocenters. The molecular weight excluding hydrogens is 409 g/mol. The number of aromatic nitrogens is 2. The first-order valence-electron chi connectivity index (χ1n) is 10.3. The molecule has 1 aromatic carbocycles.